The van der Waals surface area contributed by atoms with E-state index in [1.54, 1.807) is 0 Å². The molecule has 2 aromatic rings. The molecule has 0 unspecified atom stereocenters. The summed E-state index contributed by atoms with van der Waals surface area (Å²) < 4.78 is 5.19. The Bertz CT molecular complexity index is 644. The van der Waals surface area contributed by atoms with Crippen molar-refractivity contribution < 1.29 is 9.53 Å². The normalized spacial score (nSPS) is 11.8. The Morgan fingerprint density at radius 2 is 1.90 bits per heavy atom. The molecule has 20 heavy (non-hydrogen) atoms. The number of fused-ring (bicyclic) bond motifs is 3. The van der Waals surface area contributed by atoms with Gasteiger partial charge in [-0.25, -0.2) is 0 Å². The minimum absolute atomic E-state index is 0.124. The Hall–Kier alpha value is -2.09. The highest BCUT2D eigenvalue weighted by molar-refractivity contribution is 5.77. The molecular weight excluding hydrogens is 248 g/mol. The summed E-state index contributed by atoms with van der Waals surface area (Å²) in [5, 5.41) is 0. The van der Waals surface area contributed by atoms with E-state index in [0.717, 1.165) is 12.8 Å². The second-order valence-electron chi connectivity index (χ2n) is 5.10. The van der Waals surface area contributed by atoms with Gasteiger partial charge in [-0.2, -0.15) is 0 Å². The number of hydrogen-bond acceptors (Lipinski definition) is 2. The van der Waals surface area contributed by atoms with Crippen LogP contribution in [0.5, 0.6) is 0 Å². The second kappa shape index (κ2) is 5.49. The lowest BCUT2D eigenvalue weighted by Gasteiger charge is -2.09. The molecule has 0 aliphatic heterocycles. The van der Waals surface area contributed by atoms with Crippen molar-refractivity contribution in [3.8, 4) is 11.1 Å². The molecule has 102 valence electrons. The van der Waals surface area contributed by atoms with Gasteiger partial charge in [0.25, 0.3) is 0 Å². The zero-order valence-electron chi connectivity index (χ0n) is 11.7. The first-order valence-corrected chi connectivity index (χ1v) is 7.14. The van der Waals surface area contributed by atoms with Crippen molar-refractivity contribution in [2.24, 2.45) is 0 Å². The van der Waals surface area contributed by atoms with Crippen molar-refractivity contribution in [3.05, 3.63) is 59.2 Å². The SMILES string of the molecule is CCC(=O)OCCc1cccc2c1Cc1ccccc1-2. The van der Waals surface area contributed by atoms with Crippen LogP contribution in [0.2, 0.25) is 0 Å². The van der Waals surface area contributed by atoms with Crippen molar-refractivity contribution in [1.82, 2.24) is 0 Å². The fourth-order valence-electron chi connectivity index (χ4n) is 2.83. The van der Waals surface area contributed by atoms with E-state index in [9.17, 15) is 4.79 Å². The molecule has 0 N–H and O–H groups in total. The molecule has 0 radical (unpaired) electrons. The van der Waals surface area contributed by atoms with Crippen LogP contribution in [0.1, 0.15) is 30.0 Å². The maximum Gasteiger partial charge on any atom is 0.305 e. The van der Waals surface area contributed by atoms with Crippen LogP contribution in [0.4, 0.5) is 0 Å². The average Bonchev–Trinajstić information content (AvgIpc) is 2.86. The van der Waals surface area contributed by atoms with E-state index in [0.29, 0.717) is 13.0 Å². The van der Waals surface area contributed by atoms with E-state index < -0.39 is 0 Å². The summed E-state index contributed by atoms with van der Waals surface area (Å²) >= 11 is 0. The molecule has 2 heteroatoms. The first-order chi connectivity index (χ1) is 9.79. The predicted molar refractivity (Wildman–Crippen MR) is 79.6 cm³/mol. The van der Waals surface area contributed by atoms with Crippen molar-refractivity contribution >= 4 is 5.97 Å². The minimum Gasteiger partial charge on any atom is -0.465 e. The third kappa shape index (κ3) is 2.34. The Morgan fingerprint density at radius 3 is 2.75 bits per heavy atom. The molecule has 2 aromatic carbocycles. The third-order valence-electron chi connectivity index (χ3n) is 3.87. The van der Waals surface area contributed by atoms with Gasteiger partial charge in [0.1, 0.15) is 0 Å². The third-order valence-corrected chi connectivity index (χ3v) is 3.87. The van der Waals surface area contributed by atoms with E-state index in [4.69, 9.17) is 4.74 Å². The van der Waals surface area contributed by atoms with Crippen LogP contribution < -0.4 is 0 Å². The van der Waals surface area contributed by atoms with Crippen molar-refractivity contribution in [2.75, 3.05) is 6.61 Å². The number of esters is 1. The molecule has 0 aromatic heterocycles. The van der Waals surface area contributed by atoms with Gasteiger partial charge in [-0.1, -0.05) is 49.4 Å². The van der Waals surface area contributed by atoms with Crippen molar-refractivity contribution in [3.63, 3.8) is 0 Å². The van der Waals surface area contributed by atoms with Gasteiger partial charge < -0.3 is 4.74 Å². The highest BCUT2D eigenvalue weighted by atomic mass is 16.5. The lowest BCUT2D eigenvalue weighted by atomic mass is 9.99. The minimum atomic E-state index is -0.124. The van der Waals surface area contributed by atoms with Crippen LogP contribution in [0.15, 0.2) is 42.5 Å². The lowest BCUT2D eigenvalue weighted by molar-refractivity contribution is -0.143. The van der Waals surface area contributed by atoms with Crippen LogP contribution in [0.25, 0.3) is 11.1 Å². The van der Waals surface area contributed by atoms with Crippen LogP contribution in [0, 0.1) is 0 Å². The Balaban J connectivity index is 1.81. The molecule has 0 saturated heterocycles. The van der Waals surface area contributed by atoms with E-state index >= 15 is 0 Å². The summed E-state index contributed by atoms with van der Waals surface area (Å²) in [5.74, 6) is -0.124. The summed E-state index contributed by atoms with van der Waals surface area (Å²) in [7, 11) is 0. The molecule has 0 fully saturated rings. The molecule has 0 spiro atoms. The molecule has 2 nitrogen and oxygen atoms in total. The van der Waals surface area contributed by atoms with Crippen LogP contribution in [-0.4, -0.2) is 12.6 Å². The summed E-state index contributed by atoms with van der Waals surface area (Å²) in [6.45, 7) is 2.29. The van der Waals surface area contributed by atoms with Gasteiger partial charge in [0, 0.05) is 12.8 Å². The summed E-state index contributed by atoms with van der Waals surface area (Å²) in [4.78, 5) is 11.2. The van der Waals surface area contributed by atoms with Crippen LogP contribution >= 0.6 is 0 Å². The molecule has 1 aliphatic carbocycles. The molecule has 0 saturated carbocycles. The molecule has 0 bridgehead atoms. The number of carbonyl (C=O) groups excluding carboxylic acids is 1. The monoisotopic (exact) mass is 266 g/mol. The van der Waals surface area contributed by atoms with Crippen molar-refractivity contribution in [1.29, 1.82) is 0 Å². The highest BCUT2D eigenvalue weighted by Crippen LogP contribution is 2.38. The fraction of sp³-hybridized carbons (Fsp3) is 0.278. The van der Waals surface area contributed by atoms with Gasteiger partial charge >= 0.3 is 5.97 Å². The fourth-order valence-corrected chi connectivity index (χ4v) is 2.83. The summed E-state index contributed by atoms with van der Waals surface area (Å²) in [6, 6.07) is 15.0. The van der Waals surface area contributed by atoms with Gasteiger partial charge in [0.2, 0.25) is 0 Å². The first-order valence-electron chi connectivity index (χ1n) is 7.14. The maximum absolute atomic E-state index is 11.2. The molecule has 1 aliphatic rings. The quantitative estimate of drug-likeness (QED) is 0.672. The number of carbonyl (C=O) groups is 1. The topological polar surface area (TPSA) is 26.3 Å². The summed E-state index contributed by atoms with van der Waals surface area (Å²) in [5.41, 5.74) is 6.75. The van der Waals surface area contributed by atoms with Gasteiger partial charge in [0.15, 0.2) is 0 Å². The van der Waals surface area contributed by atoms with Crippen LogP contribution in [0.3, 0.4) is 0 Å². The Labute approximate surface area is 119 Å². The predicted octanol–water partition coefficient (Wildman–Crippen LogP) is 3.75. The smallest absolute Gasteiger partial charge is 0.305 e. The van der Waals surface area contributed by atoms with E-state index in [1.807, 2.05) is 6.92 Å². The van der Waals surface area contributed by atoms with E-state index in [2.05, 4.69) is 42.5 Å². The van der Waals surface area contributed by atoms with Crippen molar-refractivity contribution in [2.45, 2.75) is 26.2 Å². The molecule has 3 rings (SSSR count). The standard InChI is InChI=1S/C18H18O2/c1-2-18(19)20-11-10-13-7-5-9-16-15-8-4-3-6-14(15)12-17(13)16/h3-9H,2,10-12H2,1H3. The van der Waals surface area contributed by atoms with Crippen LogP contribution in [-0.2, 0) is 22.4 Å². The second-order valence-corrected chi connectivity index (χ2v) is 5.10. The number of benzene rings is 2. The van der Waals surface area contributed by atoms with Gasteiger partial charge in [-0.3, -0.25) is 4.79 Å². The molecular formula is C18H18O2. The van der Waals surface area contributed by atoms with Gasteiger partial charge in [-0.15, -0.1) is 0 Å². The number of hydrogen-bond donors (Lipinski definition) is 0. The number of rotatable bonds is 4. The average molecular weight is 266 g/mol. The Kier molecular flexibility index (Phi) is 3.55. The maximum atomic E-state index is 11.2. The largest absolute Gasteiger partial charge is 0.465 e. The molecule has 0 amide bonds. The lowest BCUT2D eigenvalue weighted by Crippen LogP contribution is -2.07. The van der Waals surface area contributed by atoms with E-state index in [-0.39, 0.29) is 5.97 Å². The number of ether oxygens (including phenoxy) is 1. The van der Waals surface area contributed by atoms with Gasteiger partial charge in [0.05, 0.1) is 6.61 Å². The summed E-state index contributed by atoms with van der Waals surface area (Å²) in [6.07, 6.45) is 2.23. The first kappa shape index (κ1) is 12.9. The zero-order valence-corrected chi connectivity index (χ0v) is 11.7. The molecule has 0 atom stereocenters. The van der Waals surface area contributed by atoms with Gasteiger partial charge in [-0.05, 0) is 34.2 Å². The highest BCUT2D eigenvalue weighted by Gasteiger charge is 2.20. The van der Waals surface area contributed by atoms with E-state index in [1.165, 1.54) is 27.8 Å². The molecule has 0 heterocycles. The zero-order chi connectivity index (χ0) is 13.9. The Morgan fingerprint density at radius 1 is 1.10 bits per heavy atom.